The van der Waals surface area contributed by atoms with E-state index in [4.69, 9.17) is 9.15 Å². The molecule has 1 N–H and O–H groups in total. The van der Waals surface area contributed by atoms with Crippen molar-refractivity contribution < 1.29 is 18.7 Å². The summed E-state index contributed by atoms with van der Waals surface area (Å²) in [6.45, 7) is 2.99. The lowest BCUT2D eigenvalue weighted by molar-refractivity contribution is -0.118. The number of ether oxygens (including phenoxy) is 1. The normalized spacial score (nSPS) is 19.8. The van der Waals surface area contributed by atoms with Crippen LogP contribution < -0.4 is 15.0 Å². The Morgan fingerprint density at radius 1 is 1.20 bits per heavy atom. The van der Waals surface area contributed by atoms with Crippen LogP contribution in [0.1, 0.15) is 63.7 Å². The van der Waals surface area contributed by atoms with Gasteiger partial charge in [0.05, 0.1) is 12.5 Å². The molecule has 0 radical (unpaired) electrons. The largest absolute Gasteiger partial charge is 0.494 e. The zero-order valence-corrected chi connectivity index (χ0v) is 17.3. The molecular weight excluding hydrogens is 384 g/mol. The van der Waals surface area contributed by atoms with Crippen molar-refractivity contribution in [3.63, 3.8) is 0 Å². The summed E-state index contributed by atoms with van der Waals surface area (Å²) in [5, 5.41) is 10.7. The summed E-state index contributed by atoms with van der Waals surface area (Å²) >= 11 is 0. The van der Waals surface area contributed by atoms with Crippen molar-refractivity contribution in [3.8, 4) is 5.75 Å². The van der Waals surface area contributed by atoms with Gasteiger partial charge in [-0.25, -0.2) is 0 Å². The summed E-state index contributed by atoms with van der Waals surface area (Å²) in [7, 11) is 0. The number of anilines is 2. The highest BCUT2D eigenvalue weighted by Crippen LogP contribution is 2.32. The Kier molecular flexibility index (Phi) is 6.30. The first-order valence-electron chi connectivity index (χ1n) is 10.8. The second-order valence-electron chi connectivity index (χ2n) is 8.03. The highest BCUT2D eigenvalue weighted by molar-refractivity contribution is 5.96. The topological polar surface area (TPSA) is 97.6 Å². The first-order valence-corrected chi connectivity index (χ1v) is 10.8. The van der Waals surface area contributed by atoms with E-state index >= 15 is 0 Å². The highest BCUT2D eigenvalue weighted by atomic mass is 16.5. The molecule has 8 heteroatoms. The number of hydrogen-bond acceptors (Lipinski definition) is 6. The number of rotatable bonds is 7. The van der Waals surface area contributed by atoms with Gasteiger partial charge in [0.25, 0.3) is 0 Å². The third-order valence-corrected chi connectivity index (χ3v) is 5.82. The van der Waals surface area contributed by atoms with Gasteiger partial charge in [-0.15, -0.1) is 5.10 Å². The van der Waals surface area contributed by atoms with Crippen LogP contribution in [0, 0.1) is 5.92 Å². The first kappa shape index (κ1) is 20.4. The van der Waals surface area contributed by atoms with Crippen LogP contribution in [-0.4, -0.2) is 35.2 Å². The molecule has 2 amide bonds. The third kappa shape index (κ3) is 4.80. The van der Waals surface area contributed by atoms with Crippen LogP contribution in [0.4, 0.5) is 11.7 Å². The predicted octanol–water partition coefficient (Wildman–Crippen LogP) is 3.90. The molecule has 1 aromatic carbocycles. The molecule has 8 nitrogen and oxygen atoms in total. The van der Waals surface area contributed by atoms with Crippen LogP contribution in [0.15, 0.2) is 28.7 Å². The van der Waals surface area contributed by atoms with E-state index in [0.717, 1.165) is 24.3 Å². The molecule has 0 unspecified atom stereocenters. The van der Waals surface area contributed by atoms with Crippen LogP contribution >= 0.6 is 0 Å². The number of amides is 2. The molecule has 0 bridgehead atoms. The zero-order chi connectivity index (χ0) is 20.9. The smallest absolute Gasteiger partial charge is 0.322 e. The highest BCUT2D eigenvalue weighted by Gasteiger charge is 2.35. The Balaban J connectivity index is 1.34. The number of aromatic nitrogens is 2. The van der Waals surface area contributed by atoms with Gasteiger partial charge in [-0.2, -0.15) is 0 Å². The molecule has 1 saturated heterocycles. The fourth-order valence-corrected chi connectivity index (χ4v) is 4.29. The maximum absolute atomic E-state index is 12.5. The number of hydrogen-bond donors (Lipinski definition) is 1. The Morgan fingerprint density at radius 3 is 2.70 bits per heavy atom. The number of carbonyl (C=O) groups excluding carboxylic acids is 2. The zero-order valence-electron chi connectivity index (χ0n) is 17.3. The van der Waals surface area contributed by atoms with Gasteiger partial charge < -0.3 is 14.1 Å². The molecule has 2 aromatic rings. The summed E-state index contributed by atoms with van der Waals surface area (Å²) in [6.07, 6.45) is 6.66. The van der Waals surface area contributed by atoms with Crippen molar-refractivity contribution in [2.24, 2.45) is 5.92 Å². The summed E-state index contributed by atoms with van der Waals surface area (Å²) in [5.41, 5.74) is 0.812. The molecule has 1 atom stereocenters. The summed E-state index contributed by atoms with van der Waals surface area (Å²) in [5.74, 6) is 1.32. The monoisotopic (exact) mass is 412 g/mol. The average Bonchev–Trinajstić information content (AvgIpc) is 3.36. The van der Waals surface area contributed by atoms with Gasteiger partial charge in [0.2, 0.25) is 17.7 Å². The fraction of sp³-hybridized carbons (Fsp3) is 0.545. The van der Waals surface area contributed by atoms with Crippen molar-refractivity contribution in [3.05, 3.63) is 30.2 Å². The first-order chi connectivity index (χ1) is 14.6. The minimum Gasteiger partial charge on any atom is -0.494 e. The van der Waals surface area contributed by atoms with E-state index in [2.05, 4.69) is 15.5 Å². The maximum Gasteiger partial charge on any atom is 0.322 e. The van der Waals surface area contributed by atoms with Crippen LogP contribution in [0.2, 0.25) is 0 Å². The van der Waals surface area contributed by atoms with Gasteiger partial charge in [0.1, 0.15) is 5.75 Å². The van der Waals surface area contributed by atoms with E-state index in [0.29, 0.717) is 37.8 Å². The molecule has 2 fully saturated rings. The molecule has 1 aliphatic carbocycles. The Bertz CT molecular complexity index is 874. The van der Waals surface area contributed by atoms with Crippen molar-refractivity contribution in [2.45, 2.75) is 57.8 Å². The molecule has 1 aliphatic heterocycles. The van der Waals surface area contributed by atoms with Crippen molar-refractivity contribution >= 4 is 23.5 Å². The number of carbonyl (C=O) groups is 2. The van der Waals surface area contributed by atoms with E-state index < -0.39 is 0 Å². The third-order valence-electron chi connectivity index (χ3n) is 5.82. The molecule has 160 valence electrons. The lowest BCUT2D eigenvalue weighted by Crippen LogP contribution is -2.24. The standard InChI is InChI=1S/C22H28N4O4/c1-2-29-18-10-8-17(9-11-18)26-14-16(13-20(26)28)21-24-25-22(30-21)23-19(27)12-15-6-4-3-5-7-15/h8-11,15-16H,2-7,12-14H2,1H3,(H,23,25,27)/t16-/m1/s1. The minimum atomic E-state index is -0.194. The van der Waals surface area contributed by atoms with Crippen LogP contribution in [0.3, 0.4) is 0 Å². The van der Waals surface area contributed by atoms with Gasteiger partial charge in [0, 0.05) is 25.1 Å². The molecular formula is C22H28N4O4. The molecule has 1 saturated carbocycles. The van der Waals surface area contributed by atoms with Crippen LogP contribution in [0.5, 0.6) is 5.75 Å². The fourth-order valence-electron chi connectivity index (χ4n) is 4.29. The lowest BCUT2D eigenvalue weighted by Gasteiger charge is -2.20. The summed E-state index contributed by atoms with van der Waals surface area (Å²) in [4.78, 5) is 26.5. The predicted molar refractivity (Wildman–Crippen MR) is 111 cm³/mol. The Hall–Kier alpha value is -2.90. The van der Waals surface area contributed by atoms with Gasteiger partial charge in [-0.3, -0.25) is 14.9 Å². The van der Waals surface area contributed by atoms with E-state index in [9.17, 15) is 9.59 Å². The Morgan fingerprint density at radius 2 is 1.97 bits per heavy atom. The van der Waals surface area contributed by atoms with Gasteiger partial charge in [-0.05, 0) is 49.9 Å². The van der Waals surface area contributed by atoms with Crippen molar-refractivity contribution in [1.29, 1.82) is 0 Å². The number of benzene rings is 1. The van der Waals surface area contributed by atoms with Crippen LogP contribution in [0.25, 0.3) is 0 Å². The quantitative estimate of drug-likeness (QED) is 0.741. The van der Waals surface area contributed by atoms with Gasteiger partial charge in [-0.1, -0.05) is 24.4 Å². The van der Waals surface area contributed by atoms with Gasteiger partial charge in [0.15, 0.2) is 0 Å². The van der Waals surface area contributed by atoms with Crippen molar-refractivity contribution in [1.82, 2.24) is 10.2 Å². The second-order valence-corrected chi connectivity index (χ2v) is 8.03. The number of nitrogens with zero attached hydrogens (tertiary/aromatic N) is 3. The maximum atomic E-state index is 12.5. The SMILES string of the molecule is CCOc1ccc(N2C[C@H](c3nnc(NC(=O)CC4CCCCC4)o3)CC2=O)cc1. The Labute approximate surface area is 176 Å². The number of nitrogens with one attached hydrogen (secondary N) is 1. The second kappa shape index (κ2) is 9.28. The summed E-state index contributed by atoms with van der Waals surface area (Å²) < 4.78 is 11.1. The minimum absolute atomic E-state index is 0.00486. The summed E-state index contributed by atoms with van der Waals surface area (Å²) in [6, 6.07) is 7.56. The average molecular weight is 412 g/mol. The molecule has 4 rings (SSSR count). The molecule has 1 aromatic heterocycles. The van der Waals surface area contributed by atoms with Gasteiger partial charge >= 0.3 is 6.01 Å². The van der Waals surface area contributed by atoms with E-state index in [-0.39, 0.29) is 23.7 Å². The lowest BCUT2D eigenvalue weighted by atomic mass is 9.87. The molecule has 2 heterocycles. The van der Waals surface area contributed by atoms with Crippen LogP contribution in [-0.2, 0) is 9.59 Å². The molecule has 0 spiro atoms. The molecule has 30 heavy (non-hydrogen) atoms. The van der Waals surface area contributed by atoms with E-state index in [1.165, 1.54) is 19.3 Å². The van der Waals surface area contributed by atoms with E-state index in [1.54, 1.807) is 4.90 Å². The molecule has 2 aliphatic rings. The van der Waals surface area contributed by atoms with Crippen molar-refractivity contribution in [2.75, 3.05) is 23.4 Å². The van der Waals surface area contributed by atoms with E-state index in [1.807, 2.05) is 31.2 Å².